The van der Waals surface area contributed by atoms with E-state index in [-0.39, 0.29) is 5.91 Å². The van der Waals surface area contributed by atoms with Crippen molar-refractivity contribution >= 4 is 16.2 Å². The van der Waals surface area contributed by atoms with Crippen LogP contribution >= 0.6 is 0 Å². The fraction of sp³-hybridized carbons (Fsp3) is 0.750. The highest BCUT2D eigenvalue weighted by Gasteiger charge is 2.09. The molecule has 7 heteroatoms. The number of carbonyl (C=O) groups is 1. The number of rotatable bonds is 3. The summed E-state index contributed by atoms with van der Waals surface area (Å²) in [5.41, 5.74) is 0. The zero-order valence-electron chi connectivity index (χ0n) is 6.16. The van der Waals surface area contributed by atoms with E-state index < -0.39 is 16.5 Å². The number of nitrogens with one attached hydrogen (secondary N) is 2. The van der Waals surface area contributed by atoms with Gasteiger partial charge in [0.15, 0.2) is 0 Å². The van der Waals surface area contributed by atoms with Gasteiger partial charge in [0.2, 0.25) is 5.91 Å². The summed E-state index contributed by atoms with van der Waals surface area (Å²) in [5, 5.41) is 2.21. The minimum atomic E-state index is -4.23. The lowest BCUT2D eigenvalue weighted by molar-refractivity contribution is -0.119. The standard InChI is InChI=1S/C4H10N2O4S/c1-3(5-4(2)7)6-11(8,9)10/h3,6H,1-2H3,(H,5,7)(H,8,9,10). The van der Waals surface area contributed by atoms with Crippen molar-refractivity contribution in [2.24, 2.45) is 0 Å². The van der Waals surface area contributed by atoms with Crippen LogP contribution in [0.1, 0.15) is 13.8 Å². The summed E-state index contributed by atoms with van der Waals surface area (Å²) < 4.78 is 30.2. The highest BCUT2D eigenvalue weighted by Crippen LogP contribution is 1.79. The van der Waals surface area contributed by atoms with Crippen LogP contribution < -0.4 is 10.0 Å². The first-order chi connectivity index (χ1) is 4.81. The SMILES string of the molecule is CC(=O)NC(C)NS(=O)(=O)O. The zero-order valence-corrected chi connectivity index (χ0v) is 6.97. The molecule has 66 valence electrons. The minimum absolute atomic E-state index is 0.381. The maximum Gasteiger partial charge on any atom is 0.335 e. The summed E-state index contributed by atoms with van der Waals surface area (Å²) in [6.45, 7) is 2.62. The Morgan fingerprint density at radius 3 is 2.27 bits per heavy atom. The van der Waals surface area contributed by atoms with Gasteiger partial charge in [-0.2, -0.15) is 13.1 Å². The maximum absolute atomic E-state index is 10.3. The van der Waals surface area contributed by atoms with Crippen molar-refractivity contribution in [3.05, 3.63) is 0 Å². The Hall–Kier alpha value is -0.660. The molecule has 0 aromatic carbocycles. The molecular formula is C4H10N2O4S. The third-order valence-corrected chi connectivity index (χ3v) is 1.40. The molecule has 0 heterocycles. The van der Waals surface area contributed by atoms with Crippen molar-refractivity contribution in [3.63, 3.8) is 0 Å². The van der Waals surface area contributed by atoms with Crippen molar-refractivity contribution in [1.82, 2.24) is 10.0 Å². The van der Waals surface area contributed by atoms with Gasteiger partial charge >= 0.3 is 10.3 Å². The Labute approximate surface area is 64.9 Å². The molecular weight excluding hydrogens is 172 g/mol. The third-order valence-electron chi connectivity index (χ3n) is 0.745. The van der Waals surface area contributed by atoms with E-state index in [0.717, 1.165) is 0 Å². The van der Waals surface area contributed by atoms with Gasteiger partial charge in [0.1, 0.15) is 0 Å². The van der Waals surface area contributed by atoms with E-state index in [1.54, 1.807) is 4.72 Å². The summed E-state index contributed by atoms with van der Waals surface area (Å²) in [7, 11) is -4.23. The smallest absolute Gasteiger partial charge is 0.335 e. The van der Waals surface area contributed by atoms with Gasteiger partial charge in [-0.1, -0.05) is 0 Å². The van der Waals surface area contributed by atoms with Crippen LogP contribution in [0.5, 0.6) is 0 Å². The Morgan fingerprint density at radius 2 is 2.00 bits per heavy atom. The van der Waals surface area contributed by atoms with Crippen LogP contribution in [0.4, 0.5) is 0 Å². The highest BCUT2D eigenvalue weighted by atomic mass is 32.2. The van der Waals surface area contributed by atoms with Crippen molar-refractivity contribution in [1.29, 1.82) is 0 Å². The summed E-state index contributed by atoms with van der Waals surface area (Å²) in [6, 6.07) is 0. The quantitative estimate of drug-likeness (QED) is 0.380. The van der Waals surface area contributed by atoms with Gasteiger partial charge in [0, 0.05) is 6.92 Å². The van der Waals surface area contributed by atoms with Crippen LogP contribution in [-0.4, -0.2) is 25.0 Å². The molecule has 3 N–H and O–H groups in total. The minimum Gasteiger partial charge on any atom is -0.340 e. The van der Waals surface area contributed by atoms with Crippen LogP contribution in [0.2, 0.25) is 0 Å². The molecule has 0 aliphatic carbocycles. The monoisotopic (exact) mass is 182 g/mol. The molecule has 0 aliphatic rings. The van der Waals surface area contributed by atoms with Gasteiger partial charge < -0.3 is 5.32 Å². The summed E-state index contributed by atoms with van der Waals surface area (Å²) in [4.78, 5) is 10.3. The Bertz CT molecular complexity index is 234. The fourth-order valence-corrected chi connectivity index (χ4v) is 1.06. The summed E-state index contributed by atoms with van der Waals surface area (Å²) in [6.07, 6.45) is -0.803. The molecule has 0 aromatic heterocycles. The predicted octanol–water partition coefficient (Wildman–Crippen LogP) is -1.14. The lowest BCUT2D eigenvalue weighted by Gasteiger charge is -2.10. The van der Waals surface area contributed by atoms with E-state index >= 15 is 0 Å². The fourth-order valence-electron chi connectivity index (χ4n) is 0.558. The van der Waals surface area contributed by atoms with Crippen molar-refractivity contribution in [3.8, 4) is 0 Å². The molecule has 0 aliphatic heterocycles. The van der Waals surface area contributed by atoms with Gasteiger partial charge in [-0.15, -0.1) is 0 Å². The Morgan fingerprint density at radius 1 is 1.55 bits per heavy atom. The van der Waals surface area contributed by atoms with Gasteiger partial charge in [-0.3, -0.25) is 9.35 Å². The predicted molar refractivity (Wildman–Crippen MR) is 38.0 cm³/mol. The molecule has 0 fully saturated rings. The van der Waals surface area contributed by atoms with Crippen molar-refractivity contribution in [2.75, 3.05) is 0 Å². The lowest BCUT2D eigenvalue weighted by Crippen LogP contribution is -2.44. The first-order valence-corrected chi connectivity index (χ1v) is 4.27. The second-order valence-electron chi connectivity index (χ2n) is 2.02. The van der Waals surface area contributed by atoms with E-state index in [2.05, 4.69) is 5.32 Å². The summed E-state index contributed by atoms with van der Waals surface area (Å²) >= 11 is 0. The molecule has 0 saturated heterocycles. The number of carbonyl (C=O) groups excluding carboxylic acids is 1. The molecule has 1 atom stereocenters. The summed E-state index contributed by atoms with van der Waals surface area (Å²) in [5.74, 6) is -0.381. The molecule has 0 rings (SSSR count). The molecule has 6 nitrogen and oxygen atoms in total. The molecule has 0 spiro atoms. The van der Waals surface area contributed by atoms with Crippen LogP contribution in [0, 0.1) is 0 Å². The van der Waals surface area contributed by atoms with Gasteiger partial charge in [0.05, 0.1) is 6.17 Å². The zero-order chi connectivity index (χ0) is 9.07. The average Bonchev–Trinajstić information content (AvgIpc) is 1.53. The van der Waals surface area contributed by atoms with Gasteiger partial charge in [-0.25, -0.2) is 0 Å². The van der Waals surface area contributed by atoms with E-state index in [4.69, 9.17) is 4.55 Å². The molecule has 11 heavy (non-hydrogen) atoms. The van der Waals surface area contributed by atoms with E-state index in [1.165, 1.54) is 13.8 Å². The second-order valence-corrected chi connectivity index (χ2v) is 3.20. The Kier molecular flexibility index (Phi) is 3.43. The molecule has 0 bridgehead atoms. The van der Waals surface area contributed by atoms with Crippen LogP contribution in [0.25, 0.3) is 0 Å². The number of hydrogen-bond donors (Lipinski definition) is 3. The maximum atomic E-state index is 10.3. The molecule has 0 aromatic rings. The largest absolute Gasteiger partial charge is 0.340 e. The van der Waals surface area contributed by atoms with Crippen LogP contribution in [0.15, 0.2) is 0 Å². The van der Waals surface area contributed by atoms with E-state index in [0.29, 0.717) is 0 Å². The van der Waals surface area contributed by atoms with Gasteiger partial charge in [-0.05, 0) is 6.92 Å². The third kappa shape index (κ3) is 7.23. The first kappa shape index (κ1) is 10.3. The van der Waals surface area contributed by atoms with E-state index in [9.17, 15) is 13.2 Å². The number of hydrogen-bond acceptors (Lipinski definition) is 3. The van der Waals surface area contributed by atoms with Crippen LogP contribution in [-0.2, 0) is 15.1 Å². The van der Waals surface area contributed by atoms with Crippen LogP contribution in [0.3, 0.4) is 0 Å². The first-order valence-electron chi connectivity index (χ1n) is 2.83. The molecule has 1 unspecified atom stereocenters. The molecule has 0 saturated carbocycles. The van der Waals surface area contributed by atoms with Crippen molar-refractivity contribution < 1.29 is 17.8 Å². The van der Waals surface area contributed by atoms with Crippen molar-refractivity contribution in [2.45, 2.75) is 20.0 Å². The lowest BCUT2D eigenvalue weighted by atomic mass is 10.5. The second kappa shape index (κ2) is 3.65. The molecule has 0 radical (unpaired) electrons. The van der Waals surface area contributed by atoms with E-state index in [1.807, 2.05) is 0 Å². The number of amides is 1. The van der Waals surface area contributed by atoms with Gasteiger partial charge in [0.25, 0.3) is 0 Å². The average molecular weight is 182 g/mol. The normalized spacial score (nSPS) is 14.1. The molecule has 1 amide bonds. The Balaban J connectivity index is 3.89. The highest BCUT2D eigenvalue weighted by molar-refractivity contribution is 7.83. The topological polar surface area (TPSA) is 95.5 Å².